The summed E-state index contributed by atoms with van der Waals surface area (Å²) < 4.78 is 4.69. The van der Waals surface area contributed by atoms with Gasteiger partial charge in [0.1, 0.15) is 11.5 Å². The molecular weight excluding hydrogens is 236 g/mol. The quantitative estimate of drug-likeness (QED) is 0.487. The van der Waals surface area contributed by atoms with E-state index in [0.29, 0.717) is 5.69 Å². The molecule has 0 radical (unpaired) electrons. The summed E-state index contributed by atoms with van der Waals surface area (Å²) in [5.74, 6) is -0.530. The van der Waals surface area contributed by atoms with Gasteiger partial charge in [-0.15, -0.1) is 0 Å². The molecule has 1 rings (SSSR count). The molecule has 1 aromatic carbocycles. The molecule has 0 aromatic heterocycles. The first-order chi connectivity index (χ1) is 8.52. The number of esters is 1. The molecule has 0 aliphatic carbocycles. The third-order valence-corrected chi connectivity index (χ3v) is 1.96. The molecule has 0 aliphatic rings. The second-order valence-electron chi connectivity index (χ2n) is 3.39. The van der Waals surface area contributed by atoms with Gasteiger partial charge in [-0.25, -0.2) is 9.59 Å². The molecule has 96 valence electrons. The first-order valence-electron chi connectivity index (χ1n) is 5.35. The average Bonchev–Trinajstić information content (AvgIpc) is 2.32. The van der Waals surface area contributed by atoms with Gasteiger partial charge in [-0.1, -0.05) is 0 Å². The van der Waals surface area contributed by atoms with Crippen molar-refractivity contribution >= 4 is 23.4 Å². The highest BCUT2D eigenvalue weighted by Gasteiger charge is 2.09. The maximum Gasteiger partial charge on any atom is 0.352 e. The Kier molecular flexibility index (Phi) is 4.86. The van der Waals surface area contributed by atoms with Crippen LogP contribution in [0.25, 0.3) is 0 Å². The molecule has 0 spiro atoms. The average molecular weight is 250 g/mol. The van der Waals surface area contributed by atoms with E-state index >= 15 is 0 Å². The number of nitrogens with one attached hydrogen (secondary N) is 1. The number of phenolic OH excluding ortho intramolecular Hbond substituents is 1. The molecule has 0 saturated heterocycles. The fourth-order valence-corrected chi connectivity index (χ4v) is 1.13. The van der Waals surface area contributed by atoms with E-state index in [9.17, 15) is 9.59 Å². The Morgan fingerprint density at radius 3 is 2.50 bits per heavy atom. The Hall–Kier alpha value is -2.37. The van der Waals surface area contributed by atoms with Gasteiger partial charge in [-0.3, -0.25) is 0 Å². The standard InChI is InChI=1S/C12H14N2O4/c1-3-18-11(16)8(2)13-12(17)14-9-4-6-10(15)7-5-9/h4-7,15H,3H2,1-2H3,(H,14,17). The minimum Gasteiger partial charge on any atom is -0.508 e. The van der Waals surface area contributed by atoms with E-state index in [1.165, 1.54) is 31.2 Å². The summed E-state index contributed by atoms with van der Waals surface area (Å²) in [7, 11) is 0. The van der Waals surface area contributed by atoms with Crippen LogP contribution in [0, 0.1) is 0 Å². The molecule has 0 fully saturated rings. The molecule has 0 aliphatic heterocycles. The molecule has 0 atom stereocenters. The lowest BCUT2D eigenvalue weighted by molar-refractivity contribution is -0.135. The van der Waals surface area contributed by atoms with Gasteiger partial charge in [0.2, 0.25) is 0 Å². The van der Waals surface area contributed by atoms with Gasteiger partial charge in [0.15, 0.2) is 0 Å². The van der Waals surface area contributed by atoms with Crippen LogP contribution in [0.15, 0.2) is 29.3 Å². The first-order valence-corrected chi connectivity index (χ1v) is 5.35. The number of benzene rings is 1. The minimum absolute atomic E-state index is 0.0203. The van der Waals surface area contributed by atoms with Gasteiger partial charge in [-0.2, -0.15) is 4.99 Å². The van der Waals surface area contributed by atoms with Crippen LogP contribution in [0.5, 0.6) is 5.75 Å². The lowest BCUT2D eigenvalue weighted by atomic mass is 10.3. The minimum atomic E-state index is -0.675. The van der Waals surface area contributed by atoms with Crippen molar-refractivity contribution in [2.45, 2.75) is 13.8 Å². The van der Waals surface area contributed by atoms with E-state index in [1.807, 2.05) is 0 Å². The molecule has 18 heavy (non-hydrogen) atoms. The summed E-state index contributed by atoms with van der Waals surface area (Å²) in [5.41, 5.74) is 0.450. The van der Waals surface area contributed by atoms with Crippen molar-refractivity contribution in [2.75, 3.05) is 11.9 Å². The van der Waals surface area contributed by atoms with Crippen LogP contribution >= 0.6 is 0 Å². The Morgan fingerprint density at radius 2 is 1.94 bits per heavy atom. The van der Waals surface area contributed by atoms with Gasteiger partial charge in [0.25, 0.3) is 0 Å². The number of nitrogens with zero attached hydrogens (tertiary/aromatic N) is 1. The zero-order valence-corrected chi connectivity index (χ0v) is 10.1. The van der Waals surface area contributed by atoms with E-state index in [-0.39, 0.29) is 18.1 Å². The van der Waals surface area contributed by atoms with Crippen molar-refractivity contribution in [1.82, 2.24) is 0 Å². The van der Waals surface area contributed by atoms with Gasteiger partial charge < -0.3 is 15.2 Å². The lowest BCUT2D eigenvalue weighted by Gasteiger charge is -2.03. The van der Waals surface area contributed by atoms with Crippen LogP contribution in [0.2, 0.25) is 0 Å². The van der Waals surface area contributed by atoms with Gasteiger partial charge in [0, 0.05) is 5.69 Å². The molecule has 6 heteroatoms. The van der Waals surface area contributed by atoms with Crippen molar-refractivity contribution < 1.29 is 19.4 Å². The Bertz CT molecular complexity index is 465. The molecule has 2 N–H and O–H groups in total. The number of hydrogen-bond acceptors (Lipinski definition) is 4. The van der Waals surface area contributed by atoms with Crippen LogP contribution in [0.4, 0.5) is 10.5 Å². The molecule has 6 nitrogen and oxygen atoms in total. The maximum atomic E-state index is 11.4. The Labute approximate surface area is 104 Å². The van der Waals surface area contributed by atoms with Gasteiger partial charge in [0.05, 0.1) is 6.61 Å². The number of urea groups is 1. The second-order valence-corrected chi connectivity index (χ2v) is 3.39. The number of carbonyl (C=O) groups is 2. The number of hydrogen-bond donors (Lipinski definition) is 2. The van der Waals surface area contributed by atoms with Crippen LogP contribution in [0.3, 0.4) is 0 Å². The fourth-order valence-electron chi connectivity index (χ4n) is 1.13. The predicted molar refractivity (Wildman–Crippen MR) is 66.9 cm³/mol. The largest absolute Gasteiger partial charge is 0.508 e. The smallest absolute Gasteiger partial charge is 0.352 e. The number of rotatable bonds is 3. The monoisotopic (exact) mass is 250 g/mol. The topological polar surface area (TPSA) is 88.0 Å². The summed E-state index contributed by atoms with van der Waals surface area (Å²) >= 11 is 0. The van der Waals surface area contributed by atoms with Crippen molar-refractivity contribution in [3.05, 3.63) is 24.3 Å². The summed E-state index contributed by atoms with van der Waals surface area (Å²) in [4.78, 5) is 26.2. The molecule has 0 unspecified atom stereocenters. The first kappa shape index (κ1) is 13.7. The van der Waals surface area contributed by atoms with Crippen LogP contribution in [-0.2, 0) is 9.53 Å². The molecule has 2 amide bonds. The van der Waals surface area contributed by atoms with E-state index < -0.39 is 12.0 Å². The summed E-state index contributed by atoms with van der Waals surface area (Å²) in [6.45, 7) is 3.29. The number of amides is 2. The summed E-state index contributed by atoms with van der Waals surface area (Å²) in [6.07, 6.45) is 0. The van der Waals surface area contributed by atoms with Crippen molar-refractivity contribution in [3.8, 4) is 5.75 Å². The fraction of sp³-hybridized carbons (Fsp3) is 0.250. The number of aliphatic imine (C=N–C) groups is 1. The third-order valence-electron chi connectivity index (χ3n) is 1.96. The molecular formula is C12H14N2O4. The summed E-state index contributed by atoms with van der Waals surface area (Å²) in [6, 6.07) is 5.21. The predicted octanol–water partition coefficient (Wildman–Crippen LogP) is 1.95. The zero-order valence-electron chi connectivity index (χ0n) is 10.1. The number of ether oxygens (including phenoxy) is 1. The second kappa shape index (κ2) is 6.39. The normalized spacial score (nSPS) is 10.9. The SMILES string of the molecule is CCOC(=O)C(C)=NC(=O)Nc1ccc(O)cc1. The number of aromatic hydroxyl groups is 1. The van der Waals surface area contributed by atoms with E-state index in [4.69, 9.17) is 5.11 Å². The van der Waals surface area contributed by atoms with Gasteiger partial charge in [-0.05, 0) is 38.1 Å². The number of anilines is 1. The number of carbonyl (C=O) groups excluding carboxylic acids is 2. The van der Waals surface area contributed by atoms with E-state index in [0.717, 1.165) is 0 Å². The highest BCUT2D eigenvalue weighted by molar-refractivity contribution is 6.37. The van der Waals surface area contributed by atoms with E-state index in [1.54, 1.807) is 6.92 Å². The van der Waals surface area contributed by atoms with Gasteiger partial charge >= 0.3 is 12.0 Å². The Morgan fingerprint density at radius 1 is 1.33 bits per heavy atom. The lowest BCUT2D eigenvalue weighted by Crippen LogP contribution is -2.17. The van der Waals surface area contributed by atoms with Crippen LogP contribution in [0.1, 0.15) is 13.8 Å². The maximum absolute atomic E-state index is 11.4. The highest BCUT2D eigenvalue weighted by Crippen LogP contribution is 2.13. The molecule has 0 heterocycles. The Balaban J connectivity index is 2.63. The van der Waals surface area contributed by atoms with E-state index in [2.05, 4.69) is 15.0 Å². The molecule has 0 bridgehead atoms. The zero-order chi connectivity index (χ0) is 13.5. The van der Waals surface area contributed by atoms with Crippen molar-refractivity contribution in [2.24, 2.45) is 4.99 Å². The third kappa shape index (κ3) is 4.25. The van der Waals surface area contributed by atoms with Crippen LogP contribution < -0.4 is 5.32 Å². The molecule has 0 saturated carbocycles. The van der Waals surface area contributed by atoms with Crippen LogP contribution in [-0.4, -0.2) is 29.4 Å². The number of phenols is 1. The summed E-state index contributed by atoms with van der Waals surface area (Å²) in [5, 5.41) is 11.5. The molecule has 1 aromatic rings. The van der Waals surface area contributed by atoms with Crippen molar-refractivity contribution in [1.29, 1.82) is 0 Å². The van der Waals surface area contributed by atoms with Crippen molar-refractivity contribution in [3.63, 3.8) is 0 Å². The highest BCUT2D eigenvalue weighted by atomic mass is 16.5.